The average Bonchev–Trinajstić information content (AvgIpc) is 2.75. The number of benzene rings is 3. The minimum atomic E-state index is -6.14. The van der Waals surface area contributed by atoms with Crippen molar-refractivity contribution < 1.29 is 46.1 Å². The number of anilines is 1. The minimum absolute atomic E-state index is 0.0279. The van der Waals surface area contributed by atoms with Crippen molar-refractivity contribution in [1.82, 2.24) is 0 Å². The summed E-state index contributed by atoms with van der Waals surface area (Å²) < 4.78 is 84.4. The molecule has 0 aromatic heterocycles. The van der Waals surface area contributed by atoms with Crippen molar-refractivity contribution in [2.75, 3.05) is 11.9 Å². The summed E-state index contributed by atoms with van der Waals surface area (Å²) in [5, 5.41) is 22.0. The van der Waals surface area contributed by atoms with Gasteiger partial charge in [-0.2, -0.15) is 26.3 Å². The first-order chi connectivity index (χ1) is 16.1. The number of hydrogen-bond donors (Lipinski definition) is 3. The smallest absolute Gasteiger partial charge is 0.430 e. The number of aliphatic hydroxyl groups is 1. The number of phenolic OH excluding ortho intramolecular Hbond substituents is 1. The highest BCUT2D eigenvalue weighted by Crippen LogP contribution is 2.52. The van der Waals surface area contributed by atoms with Crippen molar-refractivity contribution in [3.8, 4) is 11.5 Å². The molecular formula is C24H21F6NO4. The van der Waals surface area contributed by atoms with Gasteiger partial charge in [0.25, 0.3) is 11.5 Å². The van der Waals surface area contributed by atoms with Crippen LogP contribution >= 0.6 is 0 Å². The average molecular weight is 501 g/mol. The van der Waals surface area contributed by atoms with Crippen LogP contribution in [0.25, 0.3) is 10.8 Å². The molecule has 11 heteroatoms. The number of fused-ring (bicyclic) bond motifs is 1. The van der Waals surface area contributed by atoms with Gasteiger partial charge in [-0.3, -0.25) is 4.79 Å². The van der Waals surface area contributed by atoms with Gasteiger partial charge in [0.05, 0.1) is 0 Å². The highest BCUT2D eigenvalue weighted by Gasteiger charge is 2.72. The van der Waals surface area contributed by atoms with Gasteiger partial charge in [0.15, 0.2) is 6.61 Å². The zero-order chi connectivity index (χ0) is 26.2. The van der Waals surface area contributed by atoms with E-state index in [9.17, 15) is 41.4 Å². The molecule has 0 spiro atoms. The maximum Gasteiger partial charge on any atom is 0.430 e. The van der Waals surface area contributed by atoms with Crippen molar-refractivity contribution in [2.45, 2.75) is 37.7 Å². The Morgan fingerprint density at radius 1 is 0.914 bits per heavy atom. The molecule has 0 aliphatic rings. The number of ether oxygens (including phenoxy) is 1. The lowest BCUT2D eigenvalue weighted by Gasteiger charge is -2.33. The first-order valence-corrected chi connectivity index (χ1v) is 10.3. The summed E-state index contributed by atoms with van der Waals surface area (Å²) in [6.45, 7) is 3.63. The number of amides is 1. The number of nitrogens with one attached hydrogen (secondary N) is 1. The monoisotopic (exact) mass is 501 g/mol. The van der Waals surface area contributed by atoms with Crippen molar-refractivity contribution in [3.63, 3.8) is 0 Å². The third kappa shape index (κ3) is 5.29. The maximum absolute atomic E-state index is 13.2. The standard InChI is InChI=1S/C24H21F6NO4/c1-13(2)14-3-6-17(7-4-14)31-21(33)12-35-18-8-5-15-10-19(20(32)11-16(15)9-18)22(34,23(25,26)27)24(28,29)30/h3-11,13,32,34H,12H2,1-2H3,(H,31,33). The van der Waals surface area contributed by atoms with Gasteiger partial charge in [0.2, 0.25) is 0 Å². The molecule has 0 heterocycles. The van der Waals surface area contributed by atoms with Crippen LogP contribution in [0, 0.1) is 0 Å². The van der Waals surface area contributed by atoms with Crippen LogP contribution in [0.2, 0.25) is 0 Å². The van der Waals surface area contributed by atoms with E-state index in [-0.39, 0.29) is 16.5 Å². The van der Waals surface area contributed by atoms with Gasteiger partial charge in [0.1, 0.15) is 11.5 Å². The lowest BCUT2D eigenvalue weighted by Crippen LogP contribution is -2.53. The largest absolute Gasteiger partial charge is 0.508 e. The Bertz CT molecular complexity index is 1210. The predicted octanol–water partition coefficient (Wildman–Crippen LogP) is 6.00. The maximum atomic E-state index is 13.2. The van der Waals surface area contributed by atoms with Crippen LogP contribution in [0.3, 0.4) is 0 Å². The van der Waals surface area contributed by atoms with E-state index in [2.05, 4.69) is 5.32 Å². The van der Waals surface area contributed by atoms with Crippen LogP contribution in [0.4, 0.5) is 32.0 Å². The Kier molecular flexibility index (Phi) is 6.94. The zero-order valence-corrected chi connectivity index (χ0v) is 18.5. The van der Waals surface area contributed by atoms with Crippen LogP contribution in [0.5, 0.6) is 11.5 Å². The quantitative estimate of drug-likeness (QED) is 0.362. The summed E-state index contributed by atoms with van der Waals surface area (Å²) in [4.78, 5) is 12.1. The molecule has 5 nitrogen and oxygen atoms in total. The van der Waals surface area contributed by atoms with Crippen LogP contribution in [-0.4, -0.2) is 35.1 Å². The van der Waals surface area contributed by atoms with Crippen LogP contribution in [-0.2, 0) is 10.4 Å². The van der Waals surface area contributed by atoms with Crippen LogP contribution in [0.15, 0.2) is 54.6 Å². The van der Waals surface area contributed by atoms with E-state index in [0.29, 0.717) is 23.7 Å². The molecule has 3 N–H and O–H groups in total. The highest BCUT2D eigenvalue weighted by atomic mass is 19.4. The summed E-state index contributed by atoms with van der Waals surface area (Å²) in [6.07, 6.45) is -12.3. The molecule has 188 valence electrons. The molecule has 0 atom stereocenters. The molecule has 0 bridgehead atoms. The van der Waals surface area contributed by atoms with Crippen molar-refractivity contribution >= 4 is 22.4 Å². The molecule has 0 saturated carbocycles. The first-order valence-electron chi connectivity index (χ1n) is 10.3. The van der Waals surface area contributed by atoms with Gasteiger partial charge in [-0.1, -0.05) is 32.0 Å². The molecule has 35 heavy (non-hydrogen) atoms. The topological polar surface area (TPSA) is 78.8 Å². The van der Waals surface area contributed by atoms with E-state index >= 15 is 0 Å². The van der Waals surface area contributed by atoms with Gasteiger partial charge < -0.3 is 20.3 Å². The number of halogens is 6. The lowest BCUT2D eigenvalue weighted by atomic mass is 9.89. The fourth-order valence-electron chi connectivity index (χ4n) is 3.41. The van der Waals surface area contributed by atoms with Gasteiger partial charge in [0, 0.05) is 11.3 Å². The number of carbonyl (C=O) groups excluding carboxylic acids is 1. The second kappa shape index (κ2) is 9.29. The molecule has 0 radical (unpaired) electrons. The SMILES string of the molecule is CC(C)c1ccc(NC(=O)COc2ccc3cc(C(O)(C(F)(F)F)C(F)(F)F)c(O)cc3c2)cc1. The van der Waals surface area contributed by atoms with E-state index in [4.69, 9.17) is 4.74 Å². The molecule has 3 rings (SSSR count). The normalized spacial score (nSPS) is 12.7. The summed E-state index contributed by atoms with van der Waals surface area (Å²) in [5.74, 6) is -1.51. The molecule has 3 aromatic carbocycles. The van der Waals surface area contributed by atoms with Crippen LogP contribution in [0.1, 0.15) is 30.9 Å². The molecule has 3 aromatic rings. The van der Waals surface area contributed by atoms with E-state index in [1.54, 1.807) is 12.1 Å². The number of rotatable bonds is 6. The molecule has 0 unspecified atom stereocenters. The number of phenols is 1. The van der Waals surface area contributed by atoms with Crippen molar-refractivity contribution in [1.29, 1.82) is 0 Å². The summed E-state index contributed by atoms with van der Waals surface area (Å²) in [6, 6.07) is 11.8. The van der Waals surface area contributed by atoms with Gasteiger partial charge in [-0.05, 0) is 58.7 Å². The molecule has 0 fully saturated rings. The Morgan fingerprint density at radius 2 is 1.51 bits per heavy atom. The Morgan fingerprint density at radius 3 is 2.06 bits per heavy atom. The van der Waals surface area contributed by atoms with E-state index < -0.39 is 41.8 Å². The van der Waals surface area contributed by atoms with E-state index in [0.717, 1.165) is 11.6 Å². The number of hydrogen-bond acceptors (Lipinski definition) is 4. The predicted molar refractivity (Wildman–Crippen MR) is 116 cm³/mol. The molecule has 0 aliphatic heterocycles. The van der Waals surface area contributed by atoms with Gasteiger partial charge in [-0.25, -0.2) is 0 Å². The van der Waals surface area contributed by atoms with Crippen molar-refractivity contribution in [2.24, 2.45) is 0 Å². The molecule has 0 saturated heterocycles. The van der Waals surface area contributed by atoms with Gasteiger partial charge >= 0.3 is 12.4 Å². The molecular weight excluding hydrogens is 480 g/mol. The summed E-state index contributed by atoms with van der Waals surface area (Å²) >= 11 is 0. The number of carbonyl (C=O) groups is 1. The van der Waals surface area contributed by atoms with E-state index in [1.165, 1.54) is 12.1 Å². The third-order valence-electron chi connectivity index (χ3n) is 5.37. The highest BCUT2D eigenvalue weighted by molar-refractivity contribution is 5.92. The second-order valence-electron chi connectivity index (χ2n) is 8.20. The minimum Gasteiger partial charge on any atom is -0.508 e. The number of aromatic hydroxyl groups is 1. The molecule has 0 aliphatic carbocycles. The molecule has 1 amide bonds. The van der Waals surface area contributed by atoms with Gasteiger partial charge in [-0.15, -0.1) is 0 Å². The summed E-state index contributed by atoms with van der Waals surface area (Å²) in [5.41, 5.74) is -5.38. The summed E-state index contributed by atoms with van der Waals surface area (Å²) in [7, 11) is 0. The fourth-order valence-corrected chi connectivity index (χ4v) is 3.41. The van der Waals surface area contributed by atoms with Crippen molar-refractivity contribution in [3.05, 3.63) is 65.7 Å². The Labute approximate surface area is 195 Å². The zero-order valence-electron chi connectivity index (χ0n) is 18.5. The first kappa shape index (κ1) is 26.1. The third-order valence-corrected chi connectivity index (χ3v) is 5.37. The van der Waals surface area contributed by atoms with Crippen LogP contribution < -0.4 is 10.1 Å². The Hall–Kier alpha value is -3.47. The Balaban J connectivity index is 1.78. The fraction of sp³-hybridized carbons (Fsp3) is 0.292. The second-order valence-corrected chi connectivity index (χ2v) is 8.20. The number of alkyl halides is 6. The van der Waals surface area contributed by atoms with E-state index in [1.807, 2.05) is 26.0 Å². The lowest BCUT2D eigenvalue weighted by molar-refractivity contribution is -0.376.